The van der Waals surface area contributed by atoms with Crippen molar-refractivity contribution < 1.29 is 17.9 Å². The molecule has 0 spiro atoms. The van der Waals surface area contributed by atoms with E-state index in [0.29, 0.717) is 30.0 Å². The summed E-state index contributed by atoms with van der Waals surface area (Å²) in [6.45, 7) is 4.38. The van der Waals surface area contributed by atoms with Crippen LogP contribution in [0.3, 0.4) is 0 Å². The van der Waals surface area contributed by atoms with E-state index in [2.05, 4.69) is 4.98 Å². The van der Waals surface area contributed by atoms with E-state index in [-0.39, 0.29) is 22.6 Å². The number of ether oxygens (including phenoxy) is 1. The number of benzene rings is 1. The SMILES string of the molecule is Cc1ccn2c(=O)cc(COC(=O)c3ccc(C)c(S(=O)(=O)N4CCCCC4)c3)nc2c1. The van der Waals surface area contributed by atoms with E-state index >= 15 is 0 Å². The molecule has 0 N–H and O–H groups in total. The van der Waals surface area contributed by atoms with Crippen LogP contribution in [0.5, 0.6) is 0 Å². The van der Waals surface area contributed by atoms with Crippen LogP contribution >= 0.6 is 0 Å². The fourth-order valence-electron chi connectivity index (χ4n) is 3.80. The highest BCUT2D eigenvalue weighted by atomic mass is 32.2. The van der Waals surface area contributed by atoms with Crippen LogP contribution in [0.15, 0.2) is 52.3 Å². The zero-order valence-electron chi connectivity index (χ0n) is 18.1. The molecule has 0 unspecified atom stereocenters. The summed E-state index contributed by atoms with van der Waals surface area (Å²) in [4.78, 5) is 29.4. The number of carbonyl (C=O) groups excluding carboxylic acids is 1. The largest absolute Gasteiger partial charge is 0.456 e. The first-order valence-electron chi connectivity index (χ1n) is 10.5. The van der Waals surface area contributed by atoms with Gasteiger partial charge >= 0.3 is 5.97 Å². The number of aromatic nitrogens is 2. The van der Waals surface area contributed by atoms with Crippen molar-refractivity contribution in [2.45, 2.75) is 44.6 Å². The molecule has 0 aliphatic carbocycles. The Hall–Kier alpha value is -3.04. The van der Waals surface area contributed by atoms with Gasteiger partial charge in [0.15, 0.2) is 0 Å². The van der Waals surface area contributed by atoms with Crippen LogP contribution in [0, 0.1) is 13.8 Å². The Bertz CT molecular complexity index is 1340. The average molecular weight is 456 g/mol. The van der Waals surface area contributed by atoms with Gasteiger partial charge in [0.25, 0.3) is 5.56 Å². The van der Waals surface area contributed by atoms with Gasteiger partial charge in [-0.1, -0.05) is 12.5 Å². The first kappa shape index (κ1) is 22.2. The van der Waals surface area contributed by atoms with E-state index in [4.69, 9.17) is 4.74 Å². The molecule has 1 aliphatic rings. The van der Waals surface area contributed by atoms with Crippen LogP contribution in [0.25, 0.3) is 5.65 Å². The lowest BCUT2D eigenvalue weighted by Gasteiger charge is -2.26. The van der Waals surface area contributed by atoms with Crippen LogP contribution in [-0.2, 0) is 21.4 Å². The molecule has 9 heteroatoms. The van der Waals surface area contributed by atoms with Gasteiger partial charge in [-0.25, -0.2) is 18.2 Å². The highest BCUT2D eigenvalue weighted by molar-refractivity contribution is 7.89. The second kappa shape index (κ2) is 8.84. The molecule has 1 aromatic carbocycles. The van der Waals surface area contributed by atoms with Gasteiger partial charge in [-0.15, -0.1) is 0 Å². The quantitative estimate of drug-likeness (QED) is 0.549. The summed E-state index contributed by atoms with van der Waals surface area (Å²) in [7, 11) is -3.68. The zero-order valence-corrected chi connectivity index (χ0v) is 18.9. The Morgan fingerprint density at radius 1 is 1.06 bits per heavy atom. The Kier molecular flexibility index (Phi) is 6.12. The summed E-state index contributed by atoms with van der Waals surface area (Å²) in [6, 6.07) is 9.41. The molecule has 32 heavy (non-hydrogen) atoms. The second-order valence-electron chi connectivity index (χ2n) is 8.04. The molecule has 1 aliphatic heterocycles. The molecule has 0 radical (unpaired) electrons. The maximum Gasteiger partial charge on any atom is 0.338 e. The Morgan fingerprint density at radius 2 is 1.81 bits per heavy atom. The molecule has 8 nitrogen and oxygen atoms in total. The normalized spacial score (nSPS) is 15.1. The van der Waals surface area contributed by atoms with E-state index in [1.165, 1.54) is 20.8 Å². The lowest BCUT2D eigenvalue weighted by molar-refractivity contribution is 0.0467. The standard InChI is InChI=1S/C23H25N3O5S/c1-16-8-11-26-21(12-16)24-19(14-22(26)27)15-31-23(28)18-7-6-17(2)20(13-18)32(29,30)25-9-4-3-5-10-25/h6-8,11-14H,3-5,9-10,15H2,1-2H3. The number of carbonyl (C=O) groups is 1. The van der Waals surface area contributed by atoms with Crippen molar-refractivity contribution in [1.29, 1.82) is 0 Å². The number of esters is 1. The maximum atomic E-state index is 13.1. The van der Waals surface area contributed by atoms with Gasteiger partial charge in [-0.2, -0.15) is 4.31 Å². The number of nitrogens with zero attached hydrogens (tertiary/aromatic N) is 3. The second-order valence-corrected chi connectivity index (χ2v) is 9.95. The monoisotopic (exact) mass is 455 g/mol. The van der Waals surface area contributed by atoms with Gasteiger partial charge in [0.2, 0.25) is 10.0 Å². The lowest BCUT2D eigenvalue weighted by atomic mass is 10.1. The molecule has 0 bridgehead atoms. The zero-order chi connectivity index (χ0) is 22.9. The molecular weight excluding hydrogens is 430 g/mol. The minimum Gasteiger partial charge on any atom is -0.456 e. The van der Waals surface area contributed by atoms with Crippen LogP contribution in [0.2, 0.25) is 0 Å². The molecule has 168 valence electrons. The Morgan fingerprint density at radius 3 is 2.56 bits per heavy atom. The predicted molar refractivity (Wildman–Crippen MR) is 119 cm³/mol. The molecule has 2 aromatic heterocycles. The third kappa shape index (κ3) is 4.44. The van der Waals surface area contributed by atoms with Crippen molar-refractivity contribution in [2.24, 2.45) is 0 Å². The van der Waals surface area contributed by atoms with E-state index in [0.717, 1.165) is 24.8 Å². The smallest absolute Gasteiger partial charge is 0.338 e. The van der Waals surface area contributed by atoms with E-state index < -0.39 is 16.0 Å². The van der Waals surface area contributed by atoms with Crippen LogP contribution in [0.4, 0.5) is 0 Å². The van der Waals surface area contributed by atoms with Gasteiger partial charge in [0.1, 0.15) is 12.3 Å². The molecule has 1 fully saturated rings. The molecule has 3 aromatic rings. The van der Waals surface area contributed by atoms with Gasteiger partial charge < -0.3 is 4.74 Å². The molecule has 1 saturated heterocycles. The predicted octanol–water partition coefficient (Wildman–Crippen LogP) is 2.84. The van der Waals surface area contributed by atoms with Crippen LogP contribution in [0.1, 0.15) is 46.4 Å². The van der Waals surface area contributed by atoms with Crippen molar-refractivity contribution in [2.75, 3.05) is 13.1 Å². The van der Waals surface area contributed by atoms with Crippen LogP contribution in [-0.4, -0.2) is 41.2 Å². The van der Waals surface area contributed by atoms with E-state index in [1.54, 1.807) is 31.3 Å². The molecule has 3 heterocycles. The molecular formula is C23H25N3O5S. The number of rotatable bonds is 5. The number of fused-ring (bicyclic) bond motifs is 1. The van der Waals surface area contributed by atoms with Gasteiger partial charge in [-0.05, 0) is 62.1 Å². The number of piperidine rings is 1. The Labute approximate surface area is 186 Å². The highest BCUT2D eigenvalue weighted by Gasteiger charge is 2.28. The minimum atomic E-state index is -3.68. The number of hydrogen-bond acceptors (Lipinski definition) is 6. The molecule has 0 saturated carbocycles. The fourth-order valence-corrected chi connectivity index (χ4v) is 5.57. The van der Waals surface area contributed by atoms with Gasteiger partial charge in [0, 0.05) is 25.4 Å². The summed E-state index contributed by atoms with van der Waals surface area (Å²) in [5.74, 6) is -0.675. The van der Waals surface area contributed by atoms with Crippen LogP contribution < -0.4 is 5.56 Å². The van der Waals surface area contributed by atoms with Crippen molar-refractivity contribution >= 4 is 21.6 Å². The van der Waals surface area contributed by atoms with Gasteiger partial charge in [0.05, 0.1) is 16.2 Å². The summed E-state index contributed by atoms with van der Waals surface area (Å²) in [5.41, 5.74) is 2.18. The van der Waals surface area contributed by atoms with E-state index in [1.807, 2.05) is 13.0 Å². The lowest BCUT2D eigenvalue weighted by Crippen LogP contribution is -2.36. The molecule has 4 rings (SSSR count). The topological polar surface area (TPSA) is 98.0 Å². The minimum absolute atomic E-state index is 0.117. The first-order valence-corrected chi connectivity index (χ1v) is 12.0. The summed E-state index contributed by atoms with van der Waals surface area (Å²) < 4.78 is 34.4. The number of pyridine rings is 1. The number of aryl methyl sites for hydroxylation is 2. The molecule has 0 atom stereocenters. The highest BCUT2D eigenvalue weighted by Crippen LogP contribution is 2.24. The third-order valence-electron chi connectivity index (χ3n) is 5.58. The average Bonchev–Trinajstić information content (AvgIpc) is 2.78. The van der Waals surface area contributed by atoms with Crippen molar-refractivity contribution in [3.63, 3.8) is 0 Å². The maximum absolute atomic E-state index is 13.1. The van der Waals surface area contributed by atoms with Gasteiger partial charge in [-0.3, -0.25) is 9.20 Å². The van der Waals surface area contributed by atoms with Crippen molar-refractivity contribution in [1.82, 2.24) is 13.7 Å². The Balaban J connectivity index is 1.55. The van der Waals surface area contributed by atoms with E-state index in [9.17, 15) is 18.0 Å². The van der Waals surface area contributed by atoms with Crippen molar-refractivity contribution in [3.05, 3.63) is 75.3 Å². The number of sulfonamides is 1. The number of hydrogen-bond donors (Lipinski definition) is 0. The summed E-state index contributed by atoms with van der Waals surface area (Å²) >= 11 is 0. The molecule has 0 amide bonds. The fraction of sp³-hybridized carbons (Fsp3) is 0.348. The summed E-state index contributed by atoms with van der Waals surface area (Å²) in [6.07, 6.45) is 4.33. The summed E-state index contributed by atoms with van der Waals surface area (Å²) in [5, 5.41) is 0. The third-order valence-corrected chi connectivity index (χ3v) is 7.62. The van der Waals surface area contributed by atoms with Crippen molar-refractivity contribution in [3.8, 4) is 0 Å². The first-order chi connectivity index (χ1) is 15.3.